The fourth-order valence-corrected chi connectivity index (χ4v) is 5.76. The number of benzene rings is 3. The van der Waals surface area contributed by atoms with Gasteiger partial charge in [-0.2, -0.15) is 5.10 Å². The van der Waals surface area contributed by atoms with Gasteiger partial charge in [-0.15, -0.1) is 0 Å². The zero-order valence-electron chi connectivity index (χ0n) is 23.2. The molecule has 3 aromatic carbocycles. The number of rotatable bonds is 7. The van der Waals surface area contributed by atoms with E-state index in [-0.39, 0.29) is 11.9 Å². The van der Waals surface area contributed by atoms with Gasteiger partial charge in [0.15, 0.2) is 5.82 Å². The van der Waals surface area contributed by atoms with Crippen molar-refractivity contribution in [2.24, 2.45) is 5.92 Å². The van der Waals surface area contributed by atoms with Crippen molar-refractivity contribution in [3.63, 3.8) is 0 Å². The maximum Gasteiger partial charge on any atom is 0.258 e. The molecule has 0 atom stereocenters. The van der Waals surface area contributed by atoms with Crippen molar-refractivity contribution in [2.75, 3.05) is 41.8 Å². The van der Waals surface area contributed by atoms with Crippen molar-refractivity contribution in [3.05, 3.63) is 82.9 Å². The van der Waals surface area contributed by atoms with Gasteiger partial charge in [0, 0.05) is 55.2 Å². The molecule has 2 aliphatic rings. The molecule has 7 nitrogen and oxygen atoms in total. The van der Waals surface area contributed by atoms with E-state index in [2.05, 4.69) is 38.7 Å². The molecule has 41 heavy (non-hydrogen) atoms. The van der Waals surface area contributed by atoms with Crippen LogP contribution >= 0.6 is 0 Å². The Bertz CT molecular complexity index is 1520. The van der Waals surface area contributed by atoms with Gasteiger partial charge in [0.1, 0.15) is 11.6 Å². The van der Waals surface area contributed by atoms with Gasteiger partial charge in [0.25, 0.3) is 5.91 Å². The summed E-state index contributed by atoms with van der Waals surface area (Å²) < 4.78 is 33.0. The maximum atomic E-state index is 13.7. The molecule has 4 aromatic rings. The van der Waals surface area contributed by atoms with E-state index in [1.807, 2.05) is 30.3 Å². The highest BCUT2D eigenvalue weighted by Crippen LogP contribution is 2.31. The van der Waals surface area contributed by atoms with Gasteiger partial charge >= 0.3 is 0 Å². The van der Waals surface area contributed by atoms with Gasteiger partial charge in [-0.25, -0.2) is 8.78 Å². The number of piperidine rings is 1. The summed E-state index contributed by atoms with van der Waals surface area (Å²) in [5.41, 5.74) is 4.60. The van der Waals surface area contributed by atoms with Crippen molar-refractivity contribution < 1.29 is 18.3 Å². The summed E-state index contributed by atoms with van der Waals surface area (Å²) in [6.07, 6.45) is 4.43. The van der Waals surface area contributed by atoms with Crippen LogP contribution in [0.1, 0.15) is 54.1 Å². The predicted molar refractivity (Wildman–Crippen MR) is 158 cm³/mol. The number of aromatic nitrogens is 2. The number of halogens is 2. The zero-order valence-corrected chi connectivity index (χ0v) is 23.2. The van der Waals surface area contributed by atoms with Gasteiger partial charge in [-0.05, 0) is 91.6 Å². The first kappa shape index (κ1) is 27.2. The van der Waals surface area contributed by atoms with Crippen LogP contribution in [0, 0.1) is 17.6 Å². The van der Waals surface area contributed by atoms with Crippen LogP contribution < -0.4 is 15.5 Å². The lowest BCUT2D eigenvalue weighted by molar-refractivity contribution is 0.0904. The third-order valence-corrected chi connectivity index (χ3v) is 8.17. The van der Waals surface area contributed by atoms with E-state index in [4.69, 9.17) is 4.74 Å². The molecule has 2 saturated heterocycles. The molecule has 0 bridgehead atoms. The van der Waals surface area contributed by atoms with Gasteiger partial charge < -0.3 is 20.3 Å². The Hall–Kier alpha value is -3.98. The molecule has 0 spiro atoms. The molecular weight excluding hydrogens is 524 g/mol. The number of hydrogen-bond acceptors (Lipinski definition) is 5. The Kier molecular flexibility index (Phi) is 7.87. The molecule has 2 aliphatic heterocycles. The Morgan fingerprint density at radius 1 is 0.976 bits per heavy atom. The molecule has 3 N–H and O–H groups in total. The first-order chi connectivity index (χ1) is 19.9. The monoisotopic (exact) mass is 559 g/mol. The van der Waals surface area contributed by atoms with Crippen LogP contribution in [-0.2, 0) is 11.2 Å². The van der Waals surface area contributed by atoms with Crippen molar-refractivity contribution in [2.45, 2.75) is 45.1 Å². The highest BCUT2D eigenvalue weighted by atomic mass is 19.1. The van der Waals surface area contributed by atoms with Crippen molar-refractivity contribution in [3.8, 4) is 0 Å². The lowest BCUT2D eigenvalue weighted by Crippen LogP contribution is -2.33. The van der Waals surface area contributed by atoms with E-state index in [1.54, 1.807) is 0 Å². The molecule has 1 amide bonds. The number of H-pyrrole nitrogens is 1. The van der Waals surface area contributed by atoms with Crippen molar-refractivity contribution in [1.82, 2.24) is 10.2 Å². The number of fused-ring (bicyclic) bond motifs is 1. The highest BCUT2D eigenvalue weighted by Gasteiger charge is 2.22. The van der Waals surface area contributed by atoms with Gasteiger partial charge in [0.05, 0.1) is 11.1 Å². The summed E-state index contributed by atoms with van der Waals surface area (Å²) in [5, 5.41) is 14.7. The largest absolute Gasteiger partial charge is 0.381 e. The average Bonchev–Trinajstić information content (AvgIpc) is 3.35. The van der Waals surface area contributed by atoms with E-state index < -0.39 is 11.6 Å². The molecule has 0 saturated carbocycles. The van der Waals surface area contributed by atoms with Crippen LogP contribution in [0.3, 0.4) is 0 Å². The Balaban J connectivity index is 1.25. The van der Waals surface area contributed by atoms with Crippen LogP contribution in [0.4, 0.5) is 26.0 Å². The van der Waals surface area contributed by atoms with Crippen LogP contribution in [-0.4, -0.2) is 48.4 Å². The maximum absolute atomic E-state index is 13.7. The molecule has 3 heterocycles. The highest BCUT2D eigenvalue weighted by molar-refractivity contribution is 6.11. The second-order valence-corrected chi connectivity index (χ2v) is 11.3. The van der Waals surface area contributed by atoms with E-state index in [1.165, 1.54) is 12.1 Å². The van der Waals surface area contributed by atoms with Crippen LogP contribution in [0.25, 0.3) is 10.9 Å². The summed E-state index contributed by atoms with van der Waals surface area (Å²) in [7, 11) is 0. The molecule has 6 rings (SSSR count). The minimum atomic E-state index is -0.608. The summed E-state index contributed by atoms with van der Waals surface area (Å²) in [6.45, 7) is 5.71. The quantitative estimate of drug-likeness (QED) is 0.240. The van der Waals surface area contributed by atoms with Crippen LogP contribution in [0.2, 0.25) is 0 Å². The average molecular weight is 560 g/mol. The van der Waals surface area contributed by atoms with E-state index in [0.29, 0.717) is 36.6 Å². The molecule has 0 radical (unpaired) electrons. The number of ether oxygens (including phenoxy) is 1. The van der Waals surface area contributed by atoms with Crippen LogP contribution in [0.15, 0.2) is 54.6 Å². The summed E-state index contributed by atoms with van der Waals surface area (Å²) in [6, 6.07) is 15.4. The predicted octanol–water partition coefficient (Wildman–Crippen LogP) is 6.51. The standard InChI is InChI=1S/C32H35F2N5O2/c1-20-6-10-39(11-7-20)26-3-4-27(30(19-26)35-25-8-12-41-13-9-25)32(40)36-31-28-17-21(2-5-29(28)37-38-31)14-22-15-23(33)18-24(34)16-22/h2-5,15-20,25,35H,6-14H2,1H3,(H2,36,37,38,40). The first-order valence-electron chi connectivity index (χ1n) is 14.4. The molecule has 1 aromatic heterocycles. The Morgan fingerprint density at radius 3 is 2.49 bits per heavy atom. The molecular formula is C32H35F2N5O2. The van der Waals surface area contributed by atoms with Crippen molar-refractivity contribution in [1.29, 1.82) is 0 Å². The number of hydrogen-bond donors (Lipinski definition) is 3. The Morgan fingerprint density at radius 2 is 1.73 bits per heavy atom. The fraction of sp³-hybridized carbons (Fsp3) is 0.375. The summed E-state index contributed by atoms with van der Waals surface area (Å²) in [4.78, 5) is 16.1. The lowest BCUT2D eigenvalue weighted by Gasteiger charge is -2.33. The number of nitrogens with zero attached hydrogens (tertiary/aromatic N) is 2. The minimum Gasteiger partial charge on any atom is -0.381 e. The third-order valence-electron chi connectivity index (χ3n) is 8.17. The minimum absolute atomic E-state index is 0.230. The van der Waals surface area contributed by atoms with E-state index in [9.17, 15) is 13.6 Å². The number of amides is 1. The van der Waals surface area contributed by atoms with Crippen molar-refractivity contribution >= 4 is 34.0 Å². The van der Waals surface area contributed by atoms with Gasteiger partial charge in [-0.1, -0.05) is 13.0 Å². The topological polar surface area (TPSA) is 82.3 Å². The van der Waals surface area contributed by atoms with Crippen LogP contribution in [0.5, 0.6) is 0 Å². The van der Waals surface area contributed by atoms with E-state index in [0.717, 1.165) is 78.6 Å². The number of anilines is 3. The number of nitrogens with one attached hydrogen (secondary N) is 3. The Labute approximate surface area is 238 Å². The lowest BCUT2D eigenvalue weighted by atomic mass is 9.98. The fourth-order valence-electron chi connectivity index (χ4n) is 5.76. The number of carbonyl (C=O) groups excluding carboxylic acids is 1. The summed E-state index contributed by atoms with van der Waals surface area (Å²) >= 11 is 0. The zero-order chi connectivity index (χ0) is 28.3. The third kappa shape index (κ3) is 6.35. The molecule has 214 valence electrons. The number of aromatic amines is 1. The molecule has 0 unspecified atom stereocenters. The smallest absolute Gasteiger partial charge is 0.258 e. The van der Waals surface area contributed by atoms with E-state index >= 15 is 0 Å². The van der Waals surface area contributed by atoms with Gasteiger partial charge in [-0.3, -0.25) is 9.89 Å². The molecule has 2 fully saturated rings. The summed E-state index contributed by atoms with van der Waals surface area (Å²) in [5.74, 6) is -0.338. The normalized spacial score (nSPS) is 16.7. The SMILES string of the molecule is CC1CCN(c2ccc(C(=O)Nc3n[nH]c4ccc(Cc5cc(F)cc(F)c5)cc34)c(NC3CCOCC3)c2)CC1. The number of carbonyl (C=O) groups is 1. The molecule has 0 aliphatic carbocycles. The molecule has 9 heteroatoms. The second-order valence-electron chi connectivity index (χ2n) is 11.3. The second kappa shape index (κ2) is 11.9. The first-order valence-corrected chi connectivity index (χ1v) is 14.4. The van der Waals surface area contributed by atoms with Gasteiger partial charge in [0.2, 0.25) is 0 Å².